The number of halogens is 2. The zero-order valence-electron chi connectivity index (χ0n) is 27.1. The minimum Gasteiger partial charge on any atom is -0.478 e. The third-order valence-corrected chi connectivity index (χ3v) is 9.60. The average molecular weight is 702 g/mol. The Labute approximate surface area is 295 Å². The van der Waals surface area contributed by atoms with Crippen molar-refractivity contribution in [3.63, 3.8) is 0 Å². The number of methoxy groups -OCH3 is 1. The summed E-state index contributed by atoms with van der Waals surface area (Å²) in [6.07, 6.45) is 7.52. The van der Waals surface area contributed by atoms with E-state index in [4.69, 9.17) is 27.9 Å². The van der Waals surface area contributed by atoms with E-state index >= 15 is 0 Å². The molecule has 49 heavy (non-hydrogen) atoms. The fourth-order valence-corrected chi connectivity index (χ4v) is 6.82. The number of aromatic carboxylic acids is 1. The van der Waals surface area contributed by atoms with Gasteiger partial charge >= 0.3 is 11.9 Å². The van der Waals surface area contributed by atoms with Crippen LogP contribution in [0.3, 0.4) is 0 Å². The third kappa shape index (κ3) is 8.88. The van der Waals surface area contributed by atoms with Crippen LogP contribution in [0.15, 0.2) is 84.9 Å². The predicted molar refractivity (Wildman–Crippen MR) is 190 cm³/mol. The summed E-state index contributed by atoms with van der Waals surface area (Å²) in [6.45, 7) is 0. The first-order valence-corrected chi connectivity index (χ1v) is 17.1. The molecule has 4 aromatic carbocycles. The van der Waals surface area contributed by atoms with E-state index in [2.05, 4.69) is 10.6 Å². The van der Waals surface area contributed by atoms with Crippen molar-refractivity contribution in [2.45, 2.75) is 63.5 Å². The topological polar surface area (TPSA) is 122 Å². The van der Waals surface area contributed by atoms with Gasteiger partial charge in [-0.05, 0) is 109 Å². The first-order chi connectivity index (χ1) is 23.7. The highest BCUT2D eigenvalue weighted by molar-refractivity contribution is 6.34. The van der Waals surface area contributed by atoms with Crippen molar-refractivity contribution in [2.24, 2.45) is 0 Å². The van der Waals surface area contributed by atoms with Crippen molar-refractivity contribution in [1.82, 2.24) is 10.6 Å². The molecular formula is C39H38Cl2N2O6. The monoisotopic (exact) mass is 700 g/mol. The lowest BCUT2D eigenvalue weighted by atomic mass is 9.96. The van der Waals surface area contributed by atoms with Crippen LogP contribution in [0.1, 0.15) is 114 Å². The van der Waals surface area contributed by atoms with E-state index in [1.165, 1.54) is 7.11 Å². The maximum absolute atomic E-state index is 12.6. The van der Waals surface area contributed by atoms with Crippen molar-refractivity contribution in [2.75, 3.05) is 7.11 Å². The Morgan fingerprint density at radius 1 is 0.653 bits per heavy atom. The van der Waals surface area contributed by atoms with Gasteiger partial charge < -0.3 is 20.5 Å². The molecule has 2 amide bonds. The second-order valence-electron chi connectivity index (χ2n) is 12.1. The highest BCUT2D eigenvalue weighted by Crippen LogP contribution is 2.32. The quantitative estimate of drug-likeness (QED) is 0.137. The summed E-state index contributed by atoms with van der Waals surface area (Å²) in [5, 5.41) is 16.2. The van der Waals surface area contributed by atoms with Gasteiger partial charge in [-0.2, -0.15) is 0 Å². The van der Waals surface area contributed by atoms with Crippen LogP contribution >= 0.6 is 23.2 Å². The summed E-state index contributed by atoms with van der Waals surface area (Å²) in [6, 6.07) is 24.3. The fraction of sp³-hybridized carbons (Fsp3) is 0.282. The molecule has 254 valence electrons. The number of aryl methyl sites for hydroxylation is 2. The average Bonchev–Trinajstić information content (AvgIpc) is 3.43. The second kappa shape index (κ2) is 16.6. The lowest BCUT2D eigenvalue weighted by Gasteiger charge is -2.20. The maximum atomic E-state index is 12.6. The van der Waals surface area contributed by atoms with E-state index in [1.54, 1.807) is 66.7 Å². The number of fused-ring (bicyclic) bond motifs is 2. The van der Waals surface area contributed by atoms with Gasteiger partial charge in [-0.1, -0.05) is 72.4 Å². The summed E-state index contributed by atoms with van der Waals surface area (Å²) in [5.74, 6) is -1.77. The van der Waals surface area contributed by atoms with Crippen LogP contribution < -0.4 is 10.6 Å². The molecule has 2 unspecified atom stereocenters. The molecule has 0 saturated heterocycles. The number of esters is 1. The SMILES string of the molecule is COC(=O)c1ccc2c(c1)C(NC(=O)c1ccccc1Cl)CCCC2.O=C(O)c1ccc2c(c1)C(NC(=O)c1ccccc1Cl)CCCC2. The van der Waals surface area contributed by atoms with Crippen LogP contribution in [0.2, 0.25) is 10.0 Å². The van der Waals surface area contributed by atoms with E-state index in [-0.39, 0.29) is 35.4 Å². The molecule has 2 aliphatic carbocycles. The van der Waals surface area contributed by atoms with E-state index in [9.17, 15) is 24.3 Å². The fourth-order valence-electron chi connectivity index (χ4n) is 6.37. The summed E-state index contributed by atoms with van der Waals surface area (Å²) in [7, 11) is 1.37. The molecule has 10 heteroatoms. The van der Waals surface area contributed by atoms with Gasteiger partial charge in [0.15, 0.2) is 0 Å². The predicted octanol–water partition coefficient (Wildman–Crippen LogP) is 8.56. The Kier molecular flexibility index (Phi) is 12.1. The van der Waals surface area contributed by atoms with Crippen LogP contribution in [0.5, 0.6) is 0 Å². The largest absolute Gasteiger partial charge is 0.478 e. The van der Waals surface area contributed by atoms with Crippen molar-refractivity contribution in [1.29, 1.82) is 0 Å². The number of carboxylic acids is 1. The number of carbonyl (C=O) groups excluding carboxylic acids is 3. The van der Waals surface area contributed by atoms with Crippen LogP contribution in [0.4, 0.5) is 0 Å². The number of hydrogen-bond donors (Lipinski definition) is 3. The van der Waals surface area contributed by atoms with Gasteiger partial charge in [0.2, 0.25) is 0 Å². The Balaban J connectivity index is 0.000000191. The number of amides is 2. The molecule has 6 rings (SSSR count). The number of hydrogen-bond acceptors (Lipinski definition) is 5. The van der Waals surface area contributed by atoms with Crippen molar-refractivity contribution in [3.8, 4) is 0 Å². The standard InChI is InChI=1S/C20H20ClNO3.C19H18ClNO3/c1-25-20(24)14-11-10-13-6-2-5-9-18(16(13)12-14)22-19(23)15-7-3-4-8-17(15)21;20-16-7-3-2-6-14(16)18(22)21-17-8-4-1-5-12-9-10-13(19(23)24)11-15(12)17/h3-4,7-8,10-12,18H,2,5-6,9H2,1H3,(H,22,23);2-3,6-7,9-11,17H,1,4-5,8H2,(H,21,22)(H,23,24). The van der Waals surface area contributed by atoms with Gasteiger partial charge in [0.25, 0.3) is 11.8 Å². The van der Waals surface area contributed by atoms with Crippen molar-refractivity contribution >= 4 is 47.0 Å². The molecule has 0 radical (unpaired) electrons. The minimum atomic E-state index is -0.960. The van der Waals surface area contributed by atoms with Gasteiger partial charge in [-0.25, -0.2) is 9.59 Å². The molecule has 3 N–H and O–H groups in total. The highest BCUT2D eigenvalue weighted by Gasteiger charge is 2.25. The zero-order valence-corrected chi connectivity index (χ0v) is 28.7. The van der Waals surface area contributed by atoms with Gasteiger partial charge in [0, 0.05) is 0 Å². The molecule has 0 aromatic heterocycles. The Hall–Kier alpha value is -4.66. The lowest BCUT2D eigenvalue weighted by Crippen LogP contribution is -2.29. The van der Waals surface area contributed by atoms with Crippen molar-refractivity contribution in [3.05, 3.63) is 139 Å². The first-order valence-electron chi connectivity index (χ1n) is 16.3. The van der Waals surface area contributed by atoms with Gasteiger partial charge in [-0.3, -0.25) is 9.59 Å². The number of rotatable bonds is 6. The molecule has 2 aliphatic rings. The Morgan fingerprint density at radius 2 is 1.10 bits per heavy atom. The molecule has 4 aromatic rings. The summed E-state index contributed by atoms with van der Waals surface area (Å²) < 4.78 is 4.82. The van der Waals surface area contributed by atoms with Gasteiger partial charge in [0.1, 0.15) is 0 Å². The van der Waals surface area contributed by atoms with Crippen LogP contribution in [-0.4, -0.2) is 36.0 Å². The molecule has 2 atom stereocenters. The van der Waals surface area contributed by atoms with Crippen LogP contribution in [-0.2, 0) is 17.6 Å². The smallest absolute Gasteiger partial charge is 0.337 e. The molecule has 0 heterocycles. The number of nitrogens with one attached hydrogen (secondary N) is 2. The molecule has 0 aliphatic heterocycles. The first kappa shape index (κ1) is 35.6. The van der Waals surface area contributed by atoms with E-state index in [1.807, 2.05) is 18.2 Å². The number of carboxylic acid groups (broad SMARTS) is 1. The van der Waals surface area contributed by atoms with Crippen LogP contribution in [0, 0.1) is 0 Å². The van der Waals surface area contributed by atoms with Crippen molar-refractivity contribution < 1.29 is 29.0 Å². The second-order valence-corrected chi connectivity index (χ2v) is 12.9. The van der Waals surface area contributed by atoms with E-state index < -0.39 is 5.97 Å². The van der Waals surface area contributed by atoms with E-state index in [0.29, 0.717) is 26.7 Å². The summed E-state index contributed by atoms with van der Waals surface area (Å²) in [5.41, 5.74) is 5.77. The minimum absolute atomic E-state index is 0.147. The molecular weight excluding hydrogens is 663 g/mol. The summed E-state index contributed by atoms with van der Waals surface area (Å²) >= 11 is 12.2. The number of benzene rings is 4. The molecule has 0 bridgehead atoms. The third-order valence-electron chi connectivity index (χ3n) is 8.94. The number of ether oxygens (including phenoxy) is 1. The molecule has 0 fully saturated rings. The maximum Gasteiger partial charge on any atom is 0.337 e. The van der Waals surface area contributed by atoms with Crippen LogP contribution in [0.25, 0.3) is 0 Å². The molecule has 0 saturated carbocycles. The normalized spacial score (nSPS) is 16.6. The number of carbonyl (C=O) groups is 4. The summed E-state index contributed by atoms with van der Waals surface area (Å²) in [4.78, 5) is 48.3. The van der Waals surface area contributed by atoms with Gasteiger partial charge in [0.05, 0.1) is 51.5 Å². The Bertz CT molecular complexity index is 1860. The lowest BCUT2D eigenvalue weighted by molar-refractivity contribution is 0.0599. The zero-order chi connectivity index (χ0) is 34.9. The Morgan fingerprint density at radius 3 is 1.55 bits per heavy atom. The molecule has 8 nitrogen and oxygen atoms in total. The van der Waals surface area contributed by atoms with Gasteiger partial charge in [-0.15, -0.1) is 0 Å². The molecule has 0 spiro atoms. The van der Waals surface area contributed by atoms with E-state index in [0.717, 1.165) is 73.6 Å². The highest BCUT2D eigenvalue weighted by atomic mass is 35.5.